The van der Waals surface area contributed by atoms with Gasteiger partial charge in [-0.2, -0.15) is 5.10 Å². The van der Waals surface area contributed by atoms with E-state index in [1.165, 1.54) is 6.33 Å². The van der Waals surface area contributed by atoms with Crippen molar-refractivity contribution in [3.05, 3.63) is 84.9 Å². The van der Waals surface area contributed by atoms with Crippen LogP contribution < -0.4 is 5.32 Å². The van der Waals surface area contributed by atoms with Gasteiger partial charge in [0, 0.05) is 24.1 Å². The first-order chi connectivity index (χ1) is 13.8. The Morgan fingerprint density at radius 1 is 1.07 bits per heavy atom. The molecule has 2 aromatic heterocycles. The average Bonchev–Trinajstić information content (AvgIpc) is 3.41. The zero-order chi connectivity index (χ0) is 19.2. The minimum absolute atomic E-state index is 0.0801. The second kappa shape index (κ2) is 8.30. The number of anilines is 1. The number of hydrogen-bond acceptors (Lipinski definition) is 5. The quantitative estimate of drug-likeness (QED) is 0.535. The summed E-state index contributed by atoms with van der Waals surface area (Å²) in [7, 11) is 0. The SMILES string of the molecule is O=C(CCc1ncc(-c2ccccc2)o1)Nc1ccc(Cn2cncn2)cc1. The van der Waals surface area contributed by atoms with Crippen LogP contribution in [0.5, 0.6) is 0 Å². The minimum Gasteiger partial charge on any atom is -0.441 e. The third kappa shape index (κ3) is 4.50. The average molecular weight is 373 g/mol. The van der Waals surface area contributed by atoms with Crippen molar-refractivity contribution >= 4 is 11.6 Å². The van der Waals surface area contributed by atoms with Gasteiger partial charge in [-0.25, -0.2) is 14.6 Å². The van der Waals surface area contributed by atoms with Crippen LogP contribution in [-0.2, 0) is 17.8 Å². The Bertz CT molecular complexity index is 1020. The standard InChI is InChI=1S/C21H19N5O2/c27-20(10-11-21-23-12-19(28-21)17-4-2-1-3-5-17)25-18-8-6-16(7-9-18)13-26-15-22-14-24-26/h1-9,12,14-15H,10-11,13H2,(H,25,27). The van der Waals surface area contributed by atoms with E-state index in [9.17, 15) is 4.79 Å². The van der Waals surface area contributed by atoms with Gasteiger partial charge in [-0.15, -0.1) is 0 Å². The van der Waals surface area contributed by atoms with Crippen LogP contribution in [0.15, 0.2) is 77.9 Å². The van der Waals surface area contributed by atoms with E-state index in [2.05, 4.69) is 20.4 Å². The summed E-state index contributed by atoms with van der Waals surface area (Å²) in [5.74, 6) is 1.18. The summed E-state index contributed by atoms with van der Waals surface area (Å²) in [6.45, 7) is 0.641. The van der Waals surface area contributed by atoms with Crippen molar-refractivity contribution in [2.24, 2.45) is 0 Å². The smallest absolute Gasteiger partial charge is 0.224 e. The molecule has 2 heterocycles. The van der Waals surface area contributed by atoms with E-state index in [0.717, 1.165) is 16.8 Å². The Morgan fingerprint density at radius 2 is 1.89 bits per heavy atom. The molecule has 0 spiro atoms. The summed E-state index contributed by atoms with van der Waals surface area (Å²) < 4.78 is 7.48. The first kappa shape index (κ1) is 17.7. The van der Waals surface area contributed by atoms with Gasteiger partial charge in [0.05, 0.1) is 12.7 Å². The number of rotatable bonds is 7. The van der Waals surface area contributed by atoms with Crippen molar-refractivity contribution in [3.8, 4) is 11.3 Å². The van der Waals surface area contributed by atoms with E-state index < -0.39 is 0 Å². The third-order valence-corrected chi connectivity index (χ3v) is 4.23. The van der Waals surface area contributed by atoms with E-state index in [1.807, 2.05) is 54.6 Å². The highest BCUT2D eigenvalue weighted by Gasteiger charge is 2.09. The molecule has 0 aliphatic rings. The summed E-state index contributed by atoms with van der Waals surface area (Å²) in [4.78, 5) is 20.4. The van der Waals surface area contributed by atoms with Crippen molar-refractivity contribution in [2.45, 2.75) is 19.4 Å². The van der Waals surface area contributed by atoms with Gasteiger partial charge >= 0.3 is 0 Å². The number of oxazole rings is 1. The van der Waals surface area contributed by atoms with E-state index in [0.29, 0.717) is 31.0 Å². The fourth-order valence-corrected chi connectivity index (χ4v) is 2.80. The summed E-state index contributed by atoms with van der Waals surface area (Å²) >= 11 is 0. The van der Waals surface area contributed by atoms with Crippen molar-refractivity contribution in [1.82, 2.24) is 19.7 Å². The molecule has 4 rings (SSSR count). The topological polar surface area (TPSA) is 85.8 Å². The van der Waals surface area contributed by atoms with Crippen LogP contribution in [-0.4, -0.2) is 25.7 Å². The Hall–Kier alpha value is -3.74. The van der Waals surface area contributed by atoms with Gasteiger partial charge in [0.2, 0.25) is 5.91 Å². The van der Waals surface area contributed by atoms with Crippen LogP contribution in [0.3, 0.4) is 0 Å². The second-order valence-electron chi connectivity index (χ2n) is 6.32. The van der Waals surface area contributed by atoms with Crippen LogP contribution >= 0.6 is 0 Å². The molecule has 7 nitrogen and oxygen atoms in total. The molecule has 4 aromatic rings. The molecule has 0 bridgehead atoms. The molecule has 1 N–H and O–H groups in total. The summed E-state index contributed by atoms with van der Waals surface area (Å²) in [6, 6.07) is 17.4. The number of nitrogens with zero attached hydrogens (tertiary/aromatic N) is 4. The maximum absolute atomic E-state index is 12.2. The molecule has 0 saturated heterocycles. The summed E-state index contributed by atoms with van der Waals surface area (Å²) in [5.41, 5.74) is 2.80. The highest BCUT2D eigenvalue weighted by molar-refractivity contribution is 5.90. The van der Waals surface area contributed by atoms with Gasteiger partial charge in [-0.3, -0.25) is 4.79 Å². The molecule has 0 radical (unpaired) electrons. The maximum Gasteiger partial charge on any atom is 0.224 e. The molecule has 0 aliphatic heterocycles. The van der Waals surface area contributed by atoms with Crippen LogP contribution in [0.1, 0.15) is 17.9 Å². The lowest BCUT2D eigenvalue weighted by molar-refractivity contribution is -0.116. The normalized spacial score (nSPS) is 10.7. The van der Waals surface area contributed by atoms with Crippen LogP contribution in [0, 0.1) is 0 Å². The monoisotopic (exact) mass is 373 g/mol. The molecule has 0 fully saturated rings. The number of benzene rings is 2. The minimum atomic E-state index is -0.0801. The molecular weight excluding hydrogens is 354 g/mol. The Balaban J connectivity index is 1.28. The fourth-order valence-electron chi connectivity index (χ4n) is 2.80. The first-order valence-corrected chi connectivity index (χ1v) is 8.97. The maximum atomic E-state index is 12.2. The molecule has 2 aromatic carbocycles. The molecule has 140 valence electrons. The lowest BCUT2D eigenvalue weighted by atomic mass is 10.2. The molecular formula is C21H19N5O2. The zero-order valence-corrected chi connectivity index (χ0v) is 15.2. The third-order valence-electron chi connectivity index (χ3n) is 4.23. The first-order valence-electron chi connectivity index (χ1n) is 8.97. The number of carbonyl (C=O) groups is 1. The van der Waals surface area contributed by atoms with Gasteiger partial charge < -0.3 is 9.73 Å². The predicted molar refractivity (Wildman–Crippen MR) is 104 cm³/mol. The molecule has 28 heavy (non-hydrogen) atoms. The lowest BCUT2D eigenvalue weighted by Gasteiger charge is -2.06. The van der Waals surface area contributed by atoms with Crippen LogP contribution in [0.4, 0.5) is 5.69 Å². The Labute approximate surface area is 162 Å². The van der Waals surface area contributed by atoms with Crippen molar-refractivity contribution in [3.63, 3.8) is 0 Å². The molecule has 0 saturated carbocycles. The number of aryl methyl sites for hydroxylation is 1. The number of nitrogens with one attached hydrogen (secondary N) is 1. The van der Waals surface area contributed by atoms with Gasteiger partial charge in [0.25, 0.3) is 0 Å². The Kier molecular flexibility index (Phi) is 5.24. The molecule has 7 heteroatoms. The second-order valence-corrected chi connectivity index (χ2v) is 6.32. The highest BCUT2D eigenvalue weighted by atomic mass is 16.4. The number of carbonyl (C=O) groups excluding carboxylic acids is 1. The Morgan fingerprint density at radius 3 is 2.64 bits per heavy atom. The van der Waals surface area contributed by atoms with Gasteiger partial charge in [0.15, 0.2) is 11.7 Å². The molecule has 1 amide bonds. The zero-order valence-electron chi connectivity index (χ0n) is 15.2. The van der Waals surface area contributed by atoms with Crippen LogP contribution in [0.25, 0.3) is 11.3 Å². The highest BCUT2D eigenvalue weighted by Crippen LogP contribution is 2.20. The van der Waals surface area contributed by atoms with E-state index in [4.69, 9.17) is 4.42 Å². The molecule has 0 atom stereocenters. The van der Waals surface area contributed by atoms with E-state index in [1.54, 1.807) is 17.2 Å². The van der Waals surface area contributed by atoms with Gasteiger partial charge in [-0.05, 0) is 17.7 Å². The molecule has 0 unspecified atom stereocenters. The van der Waals surface area contributed by atoms with Crippen molar-refractivity contribution in [2.75, 3.05) is 5.32 Å². The number of amides is 1. The van der Waals surface area contributed by atoms with Gasteiger partial charge in [0.1, 0.15) is 12.7 Å². The van der Waals surface area contributed by atoms with Crippen molar-refractivity contribution < 1.29 is 9.21 Å². The predicted octanol–water partition coefficient (Wildman–Crippen LogP) is 3.55. The van der Waals surface area contributed by atoms with Gasteiger partial charge in [-0.1, -0.05) is 42.5 Å². The molecule has 0 aliphatic carbocycles. The fraction of sp³-hybridized carbons (Fsp3) is 0.143. The van der Waals surface area contributed by atoms with Crippen LogP contribution in [0.2, 0.25) is 0 Å². The van der Waals surface area contributed by atoms with Crippen molar-refractivity contribution in [1.29, 1.82) is 0 Å². The van der Waals surface area contributed by atoms with E-state index >= 15 is 0 Å². The number of hydrogen-bond donors (Lipinski definition) is 1. The largest absolute Gasteiger partial charge is 0.441 e. The van der Waals surface area contributed by atoms with E-state index in [-0.39, 0.29) is 5.91 Å². The summed E-state index contributed by atoms with van der Waals surface area (Å²) in [6.07, 6.45) is 5.61. The lowest BCUT2D eigenvalue weighted by Crippen LogP contribution is -2.12. The summed E-state index contributed by atoms with van der Waals surface area (Å²) in [5, 5.41) is 6.97. The number of aromatic nitrogens is 4.